The molecule has 2 aliphatic carbocycles. The Kier molecular flexibility index (Phi) is 5.12. The maximum Gasteiger partial charge on any atom is 0.333 e. The number of anilines is 1. The van der Waals surface area contributed by atoms with Crippen LogP contribution in [0.4, 0.5) is 10.5 Å². The van der Waals surface area contributed by atoms with Crippen molar-refractivity contribution in [2.75, 3.05) is 11.9 Å². The number of amides is 2. The van der Waals surface area contributed by atoms with Crippen molar-refractivity contribution in [3.8, 4) is 11.1 Å². The maximum absolute atomic E-state index is 13.2. The van der Waals surface area contributed by atoms with Crippen molar-refractivity contribution in [2.45, 2.75) is 49.8 Å². The first-order chi connectivity index (χ1) is 18.0. The third kappa shape index (κ3) is 3.98. The van der Waals surface area contributed by atoms with Crippen LogP contribution in [0.1, 0.15) is 42.2 Å². The van der Waals surface area contributed by atoms with E-state index in [0.717, 1.165) is 60.0 Å². The number of nitrogens with zero attached hydrogens (tertiary/aromatic N) is 4. The first-order valence-corrected chi connectivity index (χ1v) is 14.1. The number of rotatable bonds is 5. The molecule has 3 aromatic heterocycles. The van der Waals surface area contributed by atoms with E-state index in [9.17, 15) is 13.2 Å². The van der Waals surface area contributed by atoms with Crippen molar-refractivity contribution >= 4 is 27.3 Å². The van der Waals surface area contributed by atoms with Crippen LogP contribution >= 0.6 is 0 Å². The molecule has 10 nitrogen and oxygen atoms in total. The topological polar surface area (TPSA) is 120 Å². The Morgan fingerprint density at radius 2 is 2.00 bits per heavy atom. The summed E-state index contributed by atoms with van der Waals surface area (Å²) in [5, 5.41) is 11.2. The number of nitrogens with one attached hydrogen (secondary N) is 2. The van der Waals surface area contributed by atoms with Gasteiger partial charge in [-0.25, -0.2) is 14.0 Å². The number of fused-ring (bicyclic) bond motifs is 3. The first-order valence-electron chi connectivity index (χ1n) is 12.6. The zero-order valence-electron chi connectivity index (χ0n) is 20.1. The zero-order chi connectivity index (χ0) is 25.1. The highest BCUT2D eigenvalue weighted by Gasteiger charge is 2.38. The van der Waals surface area contributed by atoms with E-state index in [4.69, 9.17) is 4.74 Å². The molecule has 7 rings (SSSR count). The minimum atomic E-state index is -4.18. The van der Waals surface area contributed by atoms with Gasteiger partial charge in [0.2, 0.25) is 0 Å². The highest BCUT2D eigenvalue weighted by atomic mass is 32.2. The average molecular weight is 519 g/mol. The molecule has 1 aliphatic heterocycles. The van der Waals surface area contributed by atoms with E-state index in [1.807, 2.05) is 30.5 Å². The van der Waals surface area contributed by atoms with Crippen LogP contribution in [0.5, 0.6) is 0 Å². The number of aromatic nitrogens is 4. The minimum Gasteiger partial charge on any atom is -0.370 e. The van der Waals surface area contributed by atoms with Gasteiger partial charge in [0.05, 0.1) is 30.0 Å². The molecule has 4 aromatic rings. The normalized spacial score (nSPS) is 19.0. The van der Waals surface area contributed by atoms with E-state index in [0.29, 0.717) is 24.8 Å². The molecule has 2 N–H and O–H groups in total. The number of carbonyl (C=O) groups excluding carboxylic acids is 1. The fourth-order valence-electron chi connectivity index (χ4n) is 5.53. The third-order valence-electron chi connectivity index (χ3n) is 7.47. The van der Waals surface area contributed by atoms with E-state index in [2.05, 4.69) is 26.3 Å². The van der Waals surface area contributed by atoms with Crippen molar-refractivity contribution in [3.05, 3.63) is 65.6 Å². The second-order valence-electron chi connectivity index (χ2n) is 9.91. The Hall–Kier alpha value is -3.70. The van der Waals surface area contributed by atoms with Gasteiger partial charge in [-0.1, -0.05) is 12.1 Å². The number of urea groups is 1. The third-order valence-corrected chi connectivity index (χ3v) is 8.67. The van der Waals surface area contributed by atoms with Gasteiger partial charge in [-0.15, -0.1) is 0 Å². The van der Waals surface area contributed by atoms with Gasteiger partial charge in [-0.05, 0) is 72.9 Å². The van der Waals surface area contributed by atoms with Crippen LogP contribution in [0.2, 0.25) is 0 Å². The van der Waals surface area contributed by atoms with Crippen LogP contribution in [0.3, 0.4) is 0 Å². The van der Waals surface area contributed by atoms with Crippen LogP contribution in [-0.4, -0.2) is 40.5 Å². The van der Waals surface area contributed by atoms with Gasteiger partial charge < -0.3 is 10.1 Å². The fraction of sp³-hybridized carbons (Fsp3) is 0.346. The number of carbonyl (C=O) groups is 1. The van der Waals surface area contributed by atoms with Crippen molar-refractivity contribution in [3.63, 3.8) is 0 Å². The standard InChI is InChI=1S/C26H26N6O4S/c33-26(30-37(34,35)23-15-22-25(17-4-5-17)36-13-12-32(22)29-23)28-24-20-3-1-2-16(20)6-7-21(24)18-9-11-31-19(14-18)8-10-27-31/h6-11,14-15,17,25H,1-5,12-13H2,(H2,28,30,33). The van der Waals surface area contributed by atoms with Crippen LogP contribution in [-0.2, 0) is 34.1 Å². The smallest absolute Gasteiger partial charge is 0.333 e. The van der Waals surface area contributed by atoms with Gasteiger partial charge in [0.25, 0.3) is 10.0 Å². The summed E-state index contributed by atoms with van der Waals surface area (Å²) in [6, 6.07) is 10.6. The predicted octanol–water partition coefficient (Wildman–Crippen LogP) is 3.68. The lowest BCUT2D eigenvalue weighted by Crippen LogP contribution is -2.35. The van der Waals surface area contributed by atoms with Crippen LogP contribution < -0.4 is 10.0 Å². The van der Waals surface area contributed by atoms with Crippen LogP contribution in [0, 0.1) is 5.92 Å². The Labute approximate surface area is 213 Å². The molecule has 37 heavy (non-hydrogen) atoms. The van der Waals surface area contributed by atoms with E-state index in [-0.39, 0.29) is 11.1 Å². The summed E-state index contributed by atoms with van der Waals surface area (Å²) in [6.45, 7) is 0.984. The van der Waals surface area contributed by atoms with Gasteiger partial charge in [0.1, 0.15) is 6.10 Å². The maximum atomic E-state index is 13.2. The molecular weight excluding hydrogens is 492 g/mol. The van der Waals surface area contributed by atoms with Crippen molar-refractivity contribution in [1.82, 2.24) is 24.1 Å². The van der Waals surface area contributed by atoms with Gasteiger partial charge in [0, 0.05) is 24.0 Å². The largest absolute Gasteiger partial charge is 0.370 e. The first kappa shape index (κ1) is 22.5. The lowest BCUT2D eigenvalue weighted by molar-refractivity contribution is 0.00273. The van der Waals surface area contributed by atoms with Crippen LogP contribution in [0.15, 0.2) is 53.8 Å². The minimum absolute atomic E-state index is 0.137. The summed E-state index contributed by atoms with van der Waals surface area (Å²) >= 11 is 0. The molecule has 0 spiro atoms. The molecule has 1 aromatic carbocycles. The van der Waals surface area contributed by atoms with Crippen molar-refractivity contribution in [1.29, 1.82) is 0 Å². The van der Waals surface area contributed by atoms with E-state index < -0.39 is 16.1 Å². The fourth-order valence-corrected chi connectivity index (χ4v) is 6.41. The summed E-state index contributed by atoms with van der Waals surface area (Å²) in [5.74, 6) is 0.405. The monoisotopic (exact) mass is 518 g/mol. The zero-order valence-corrected chi connectivity index (χ0v) is 20.9. The molecule has 3 aliphatic rings. The predicted molar refractivity (Wildman–Crippen MR) is 136 cm³/mol. The van der Waals surface area contributed by atoms with E-state index >= 15 is 0 Å². The molecule has 11 heteroatoms. The summed E-state index contributed by atoms with van der Waals surface area (Å²) in [4.78, 5) is 13.1. The number of pyridine rings is 1. The van der Waals surface area contributed by atoms with Gasteiger partial charge in [-0.3, -0.25) is 4.68 Å². The van der Waals surface area contributed by atoms with E-state index in [1.54, 1.807) is 15.4 Å². The molecule has 0 radical (unpaired) electrons. The second-order valence-corrected chi connectivity index (χ2v) is 11.5. The Bertz CT molecular complexity index is 1650. The molecule has 1 fully saturated rings. The molecular formula is C26H26N6O4S. The summed E-state index contributed by atoms with van der Waals surface area (Å²) in [6.07, 6.45) is 8.32. The molecule has 1 saturated carbocycles. The average Bonchev–Trinajstić information content (AvgIpc) is 3.26. The Morgan fingerprint density at radius 1 is 1.11 bits per heavy atom. The molecule has 2 amide bonds. The second kappa shape index (κ2) is 8.42. The van der Waals surface area contributed by atoms with Gasteiger partial charge in [0.15, 0.2) is 5.03 Å². The lowest BCUT2D eigenvalue weighted by atomic mass is 9.97. The molecule has 4 heterocycles. The van der Waals surface area contributed by atoms with E-state index in [1.165, 1.54) is 11.6 Å². The molecule has 190 valence electrons. The number of hydrogen-bond donors (Lipinski definition) is 2. The Morgan fingerprint density at radius 3 is 2.86 bits per heavy atom. The summed E-state index contributed by atoms with van der Waals surface area (Å²) in [7, 11) is -4.18. The molecule has 1 atom stereocenters. The highest BCUT2D eigenvalue weighted by Crippen LogP contribution is 2.45. The van der Waals surface area contributed by atoms with Gasteiger partial charge in [-0.2, -0.15) is 18.6 Å². The number of sulfonamides is 1. The van der Waals surface area contributed by atoms with Gasteiger partial charge >= 0.3 is 6.03 Å². The lowest BCUT2D eigenvalue weighted by Gasteiger charge is -2.23. The SMILES string of the molecule is O=C(Nc1c(-c2ccn3nccc3c2)ccc2c1CCC2)NS(=O)(=O)c1cc2n(n1)CCOC2C1CC1. The molecule has 0 saturated heterocycles. The Balaban J connectivity index is 1.18. The quantitative estimate of drug-likeness (QED) is 0.416. The number of aryl methyl sites for hydroxylation is 1. The molecule has 1 unspecified atom stereocenters. The summed E-state index contributed by atoms with van der Waals surface area (Å²) < 4.78 is 37.8. The number of benzene rings is 1. The number of ether oxygens (including phenoxy) is 1. The highest BCUT2D eigenvalue weighted by molar-refractivity contribution is 7.90. The van der Waals surface area contributed by atoms with Crippen LogP contribution in [0.25, 0.3) is 16.6 Å². The van der Waals surface area contributed by atoms with Crippen molar-refractivity contribution in [2.24, 2.45) is 5.92 Å². The number of hydrogen-bond acceptors (Lipinski definition) is 6. The molecule has 0 bridgehead atoms. The van der Waals surface area contributed by atoms with Crippen molar-refractivity contribution < 1.29 is 17.9 Å². The summed E-state index contributed by atoms with van der Waals surface area (Å²) in [5.41, 5.74) is 6.27.